The summed E-state index contributed by atoms with van der Waals surface area (Å²) in [5.41, 5.74) is 4.13. The molecule has 5 nitrogen and oxygen atoms in total. The fourth-order valence-electron chi connectivity index (χ4n) is 4.26. The maximum absolute atomic E-state index is 13.3. The average molecular weight is 424 g/mol. The molecule has 1 N–H and O–H groups in total. The number of halogens is 1. The molecule has 2 aliphatic heterocycles. The molecular formula is C25H30FN3O2. The Bertz CT molecular complexity index is 973. The molecule has 164 valence electrons. The minimum absolute atomic E-state index is 0.106. The number of hydrogen-bond acceptors (Lipinski definition) is 5. The molecule has 0 spiro atoms. The standard InChI is InChI=1S/C25H30FN3O2/c1-17-15-28(16-27-17)23-12-11-22(14-25(23)30-4)31-24-6-5-13-29(19(24)3)18(2)20-7-9-21(26)10-8-20/h7-12,14-15,18,24,27H,3,5-6,13,16H2,1-2,4H3. The predicted molar refractivity (Wildman–Crippen MR) is 122 cm³/mol. The molecule has 2 atom stereocenters. The van der Waals surface area contributed by atoms with Crippen molar-refractivity contribution in [3.05, 3.63) is 78.0 Å². The number of anilines is 1. The predicted octanol–water partition coefficient (Wildman–Crippen LogP) is 5.18. The number of hydrogen-bond donors (Lipinski definition) is 1. The van der Waals surface area contributed by atoms with Crippen LogP contribution in [0.1, 0.15) is 38.3 Å². The second-order valence-electron chi connectivity index (χ2n) is 8.11. The Morgan fingerprint density at radius 3 is 2.65 bits per heavy atom. The number of nitrogens with zero attached hydrogens (tertiary/aromatic N) is 2. The number of allylic oxidation sites excluding steroid dienone is 1. The smallest absolute Gasteiger partial charge is 0.146 e. The number of piperidine rings is 1. The molecule has 31 heavy (non-hydrogen) atoms. The van der Waals surface area contributed by atoms with E-state index >= 15 is 0 Å². The molecule has 1 fully saturated rings. The van der Waals surface area contributed by atoms with Gasteiger partial charge in [0, 0.05) is 30.2 Å². The van der Waals surface area contributed by atoms with Gasteiger partial charge in [-0.2, -0.15) is 0 Å². The van der Waals surface area contributed by atoms with E-state index in [-0.39, 0.29) is 18.0 Å². The summed E-state index contributed by atoms with van der Waals surface area (Å²) in [4.78, 5) is 4.38. The van der Waals surface area contributed by atoms with Crippen LogP contribution in [-0.2, 0) is 0 Å². The number of methoxy groups -OCH3 is 1. The van der Waals surface area contributed by atoms with E-state index in [1.54, 1.807) is 7.11 Å². The molecule has 2 aromatic carbocycles. The van der Waals surface area contributed by atoms with Gasteiger partial charge in [-0.15, -0.1) is 0 Å². The molecule has 6 heteroatoms. The van der Waals surface area contributed by atoms with Crippen molar-refractivity contribution in [3.8, 4) is 11.5 Å². The number of benzene rings is 2. The van der Waals surface area contributed by atoms with E-state index in [0.29, 0.717) is 0 Å². The summed E-state index contributed by atoms with van der Waals surface area (Å²) >= 11 is 0. The third kappa shape index (κ3) is 4.48. The Hall–Kier alpha value is -3.15. The van der Waals surface area contributed by atoms with Gasteiger partial charge >= 0.3 is 0 Å². The summed E-state index contributed by atoms with van der Waals surface area (Å²) in [6.07, 6.45) is 3.88. The first-order valence-corrected chi connectivity index (χ1v) is 10.7. The highest BCUT2D eigenvalue weighted by molar-refractivity contribution is 5.63. The molecule has 2 aromatic rings. The number of ether oxygens (including phenoxy) is 2. The maximum atomic E-state index is 13.3. The topological polar surface area (TPSA) is 37.0 Å². The lowest BCUT2D eigenvalue weighted by Crippen LogP contribution is -2.39. The summed E-state index contributed by atoms with van der Waals surface area (Å²) in [7, 11) is 1.67. The van der Waals surface area contributed by atoms with Crippen molar-refractivity contribution < 1.29 is 13.9 Å². The minimum atomic E-state index is -0.220. The quantitative estimate of drug-likeness (QED) is 0.693. The minimum Gasteiger partial charge on any atom is -0.494 e. The van der Waals surface area contributed by atoms with Gasteiger partial charge in [0.1, 0.15) is 23.4 Å². The van der Waals surface area contributed by atoms with Crippen LogP contribution >= 0.6 is 0 Å². The molecule has 0 amide bonds. The first-order chi connectivity index (χ1) is 15.0. The first-order valence-electron chi connectivity index (χ1n) is 10.7. The zero-order valence-electron chi connectivity index (χ0n) is 18.4. The van der Waals surface area contributed by atoms with Gasteiger partial charge in [-0.3, -0.25) is 0 Å². The Balaban J connectivity index is 1.48. The van der Waals surface area contributed by atoms with Crippen molar-refractivity contribution in [1.29, 1.82) is 0 Å². The van der Waals surface area contributed by atoms with Gasteiger partial charge in [-0.25, -0.2) is 4.39 Å². The molecule has 4 rings (SSSR count). The number of likely N-dealkylation sites (tertiary alicyclic amines) is 1. The van der Waals surface area contributed by atoms with Crippen LogP contribution in [0.5, 0.6) is 11.5 Å². The number of nitrogens with one attached hydrogen (secondary N) is 1. The lowest BCUT2D eigenvalue weighted by atomic mass is 9.99. The normalized spacial score (nSPS) is 19.7. The summed E-state index contributed by atoms with van der Waals surface area (Å²) in [6.45, 7) is 10.1. The van der Waals surface area contributed by atoms with Crippen LogP contribution in [0.3, 0.4) is 0 Å². The zero-order chi connectivity index (χ0) is 22.0. The lowest BCUT2D eigenvalue weighted by Gasteiger charge is -2.40. The Morgan fingerprint density at radius 2 is 1.97 bits per heavy atom. The molecule has 2 aliphatic rings. The molecule has 2 unspecified atom stereocenters. The van der Waals surface area contributed by atoms with Crippen LogP contribution in [0.25, 0.3) is 0 Å². The molecule has 0 aromatic heterocycles. The highest BCUT2D eigenvalue weighted by Gasteiger charge is 2.29. The molecule has 1 saturated heterocycles. The van der Waals surface area contributed by atoms with E-state index in [1.165, 1.54) is 12.1 Å². The molecule has 0 saturated carbocycles. The molecule has 0 aliphatic carbocycles. The molecule has 0 radical (unpaired) electrons. The highest BCUT2D eigenvalue weighted by atomic mass is 19.1. The van der Waals surface area contributed by atoms with E-state index in [4.69, 9.17) is 9.47 Å². The van der Waals surface area contributed by atoms with Crippen molar-refractivity contribution in [2.24, 2.45) is 0 Å². The van der Waals surface area contributed by atoms with E-state index in [0.717, 1.165) is 60.2 Å². The summed E-state index contributed by atoms with van der Waals surface area (Å²) in [5, 5.41) is 3.30. The summed E-state index contributed by atoms with van der Waals surface area (Å²) in [5.74, 6) is 1.31. The Morgan fingerprint density at radius 1 is 1.19 bits per heavy atom. The van der Waals surface area contributed by atoms with Crippen LogP contribution < -0.4 is 19.7 Å². The fourth-order valence-corrected chi connectivity index (χ4v) is 4.26. The Kier molecular flexibility index (Phi) is 6.07. The SMILES string of the molecule is C=C1C(Oc2ccc(N3C=C(C)NC3)c(OC)c2)CCCN1C(C)c1ccc(F)cc1. The van der Waals surface area contributed by atoms with Gasteiger partial charge in [0.05, 0.1) is 25.5 Å². The van der Waals surface area contributed by atoms with Gasteiger partial charge in [0.25, 0.3) is 0 Å². The van der Waals surface area contributed by atoms with Gasteiger partial charge in [0.15, 0.2) is 0 Å². The monoisotopic (exact) mass is 423 g/mol. The van der Waals surface area contributed by atoms with E-state index < -0.39 is 0 Å². The van der Waals surface area contributed by atoms with E-state index in [9.17, 15) is 4.39 Å². The van der Waals surface area contributed by atoms with Crippen molar-refractivity contribution in [1.82, 2.24) is 10.2 Å². The largest absolute Gasteiger partial charge is 0.494 e. The van der Waals surface area contributed by atoms with Crippen molar-refractivity contribution in [2.45, 2.75) is 38.8 Å². The van der Waals surface area contributed by atoms with Gasteiger partial charge in [0.2, 0.25) is 0 Å². The third-order valence-corrected chi connectivity index (χ3v) is 6.04. The van der Waals surface area contributed by atoms with Crippen molar-refractivity contribution >= 4 is 5.69 Å². The second kappa shape index (κ2) is 8.92. The summed E-state index contributed by atoms with van der Waals surface area (Å²) in [6, 6.07) is 12.7. The maximum Gasteiger partial charge on any atom is 0.146 e. The van der Waals surface area contributed by atoms with Gasteiger partial charge in [-0.05, 0) is 56.5 Å². The van der Waals surface area contributed by atoms with Crippen LogP contribution in [0, 0.1) is 5.82 Å². The lowest BCUT2D eigenvalue weighted by molar-refractivity contribution is 0.118. The Labute approximate surface area is 183 Å². The van der Waals surface area contributed by atoms with Crippen LogP contribution in [0.2, 0.25) is 0 Å². The van der Waals surface area contributed by atoms with E-state index in [1.807, 2.05) is 37.3 Å². The van der Waals surface area contributed by atoms with Gasteiger partial charge in [-0.1, -0.05) is 18.7 Å². The van der Waals surface area contributed by atoms with Crippen LogP contribution in [0.4, 0.5) is 10.1 Å². The van der Waals surface area contributed by atoms with Gasteiger partial charge < -0.3 is 24.6 Å². The average Bonchev–Trinajstić information content (AvgIpc) is 3.21. The second-order valence-corrected chi connectivity index (χ2v) is 8.11. The molecular weight excluding hydrogens is 393 g/mol. The van der Waals surface area contributed by atoms with Crippen molar-refractivity contribution in [2.75, 3.05) is 25.2 Å². The van der Waals surface area contributed by atoms with Crippen molar-refractivity contribution in [3.63, 3.8) is 0 Å². The summed E-state index contributed by atoms with van der Waals surface area (Å²) < 4.78 is 25.3. The van der Waals surface area contributed by atoms with Crippen LogP contribution in [-0.4, -0.2) is 31.3 Å². The molecule has 2 heterocycles. The van der Waals surface area contributed by atoms with E-state index in [2.05, 4.69) is 34.8 Å². The first kappa shape index (κ1) is 21.1. The number of rotatable bonds is 6. The van der Waals surface area contributed by atoms with Crippen LogP contribution in [0.15, 0.2) is 66.6 Å². The zero-order valence-corrected chi connectivity index (χ0v) is 18.4. The molecule has 0 bridgehead atoms. The highest BCUT2D eigenvalue weighted by Crippen LogP contribution is 2.36. The fraction of sp³-hybridized carbons (Fsp3) is 0.360. The third-order valence-electron chi connectivity index (χ3n) is 6.04.